The van der Waals surface area contributed by atoms with Crippen molar-refractivity contribution in [3.63, 3.8) is 0 Å². The normalized spacial score (nSPS) is 25.4. The van der Waals surface area contributed by atoms with Crippen LogP contribution in [0.4, 0.5) is 10.1 Å². The van der Waals surface area contributed by atoms with Crippen LogP contribution in [0.25, 0.3) is 0 Å². The standard InChI is InChI=1S/C28H27FN2O4S2/c1-2-35-27(33)16-7-11-20(12-8-16)30-21(32)14-31-26-25(37-28(31)34)22(15-5-9-19(29)10-6-15)23-17-3-4-18(13-17)24(23)36-26/h5-12,17-18,22-24H,2-4,13-14H2,1H3,(H,30,32)/t17?,18?,22-,23?,24?/m1/s1. The van der Waals surface area contributed by atoms with Crippen molar-refractivity contribution in [2.75, 3.05) is 11.9 Å². The van der Waals surface area contributed by atoms with Crippen molar-refractivity contribution in [2.45, 2.75) is 48.9 Å². The first kappa shape index (κ1) is 24.4. The van der Waals surface area contributed by atoms with Gasteiger partial charge in [0, 0.05) is 21.7 Å². The minimum absolute atomic E-state index is 0.0505. The molecule has 0 saturated heterocycles. The zero-order chi connectivity index (χ0) is 25.7. The highest BCUT2D eigenvalue weighted by atomic mass is 32.2. The quantitative estimate of drug-likeness (QED) is 0.419. The Kier molecular flexibility index (Phi) is 6.44. The number of anilines is 1. The Hall–Kier alpha value is -2.91. The van der Waals surface area contributed by atoms with E-state index in [-0.39, 0.29) is 29.1 Å². The second kappa shape index (κ2) is 9.76. The first-order valence-corrected chi connectivity index (χ1v) is 14.3. The number of carbonyl (C=O) groups excluding carboxylic acids is 2. The minimum Gasteiger partial charge on any atom is -0.462 e. The summed E-state index contributed by atoms with van der Waals surface area (Å²) in [4.78, 5) is 38.9. The number of nitrogens with one attached hydrogen (secondary N) is 1. The molecule has 4 unspecified atom stereocenters. The third-order valence-electron chi connectivity index (χ3n) is 7.90. The van der Waals surface area contributed by atoms with Gasteiger partial charge < -0.3 is 10.1 Å². The average molecular weight is 539 g/mol. The van der Waals surface area contributed by atoms with Gasteiger partial charge in [-0.05, 0) is 85.9 Å². The summed E-state index contributed by atoms with van der Waals surface area (Å²) in [6.45, 7) is 1.95. The van der Waals surface area contributed by atoms with Gasteiger partial charge in [0.25, 0.3) is 0 Å². The smallest absolute Gasteiger partial charge is 0.338 e. The molecular formula is C28H27FN2O4S2. The third kappa shape index (κ3) is 4.42. The van der Waals surface area contributed by atoms with Crippen LogP contribution >= 0.6 is 23.1 Å². The second-order valence-corrected chi connectivity index (χ2v) is 12.2. The van der Waals surface area contributed by atoms with Gasteiger partial charge in [0.15, 0.2) is 0 Å². The molecule has 6 nitrogen and oxygen atoms in total. The maximum absolute atomic E-state index is 13.7. The molecule has 2 heterocycles. The molecule has 1 aromatic heterocycles. The number of fused-ring (bicyclic) bond motifs is 6. The monoisotopic (exact) mass is 538 g/mol. The van der Waals surface area contributed by atoms with Gasteiger partial charge in [-0.3, -0.25) is 14.2 Å². The Balaban J connectivity index is 1.27. The van der Waals surface area contributed by atoms with E-state index in [4.69, 9.17) is 4.74 Å². The van der Waals surface area contributed by atoms with Crippen LogP contribution in [0, 0.1) is 23.6 Å². The predicted octanol–water partition coefficient (Wildman–Crippen LogP) is 5.52. The molecule has 1 N–H and O–H groups in total. The van der Waals surface area contributed by atoms with Gasteiger partial charge in [0.1, 0.15) is 12.4 Å². The van der Waals surface area contributed by atoms with E-state index in [1.165, 1.54) is 42.7 Å². The van der Waals surface area contributed by atoms with Crippen molar-refractivity contribution in [3.8, 4) is 0 Å². The lowest BCUT2D eigenvalue weighted by Gasteiger charge is -2.40. The number of thioether (sulfide) groups is 1. The number of esters is 1. The maximum atomic E-state index is 13.7. The van der Waals surface area contributed by atoms with Crippen LogP contribution in [0.15, 0.2) is 58.4 Å². The number of nitrogens with zero attached hydrogens (tertiary/aromatic N) is 1. The first-order chi connectivity index (χ1) is 17.9. The number of hydrogen-bond donors (Lipinski definition) is 1. The Morgan fingerprint density at radius 1 is 1.08 bits per heavy atom. The fraction of sp³-hybridized carbons (Fsp3) is 0.393. The summed E-state index contributed by atoms with van der Waals surface area (Å²) in [6.07, 6.45) is 3.63. The fourth-order valence-electron chi connectivity index (χ4n) is 6.38. The Labute approximate surface area is 222 Å². The maximum Gasteiger partial charge on any atom is 0.338 e. The van der Waals surface area contributed by atoms with Crippen LogP contribution in [0.5, 0.6) is 0 Å². The topological polar surface area (TPSA) is 77.4 Å². The number of ether oxygens (including phenoxy) is 1. The number of hydrogen-bond acceptors (Lipinski definition) is 6. The summed E-state index contributed by atoms with van der Waals surface area (Å²) in [6, 6.07) is 13.2. The minimum atomic E-state index is -0.413. The molecule has 1 aliphatic heterocycles. The molecule has 1 amide bonds. The van der Waals surface area contributed by atoms with E-state index in [9.17, 15) is 18.8 Å². The van der Waals surface area contributed by atoms with Crippen LogP contribution < -0.4 is 10.2 Å². The lowest BCUT2D eigenvalue weighted by molar-refractivity contribution is -0.116. The molecule has 192 valence electrons. The highest BCUT2D eigenvalue weighted by molar-refractivity contribution is 8.00. The highest BCUT2D eigenvalue weighted by Crippen LogP contribution is 2.64. The van der Waals surface area contributed by atoms with Crippen LogP contribution in [0.1, 0.15) is 52.9 Å². The Bertz CT molecular complexity index is 1400. The molecule has 9 heteroatoms. The molecule has 6 rings (SSSR count). The van der Waals surface area contributed by atoms with E-state index in [1.54, 1.807) is 47.5 Å². The number of thiazole rings is 1. The molecule has 2 aromatic carbocycles. The Morgan fingerprint density at radius 2 is 1.81 bits per heavy atom. The molecule has 0 radical (unpaired) electrons. The molecule has 37 heavy (non-hydrogen) atoms. The number of amides is 1. The largest absolute Gasteiger partial charge is 0.462 e. The molecule has 3 aliphatic rings. The van der Waals surface area contributed by atoms with Gasteiger partial charge in [-0.2, -0.15) is 0 Å². The van der Waals surface area contributed by atoms with Crippen molar-refractivity contribution in [1.82, 2.24) is 4.57 Å². The van der Waals surface area contributed by atoms with E-state index < -0.39 is 5.97 Å². The SMILES string of the molecule is CCOC(=O)c1ccc(NC(=O)Cn2c3c(sc2=O)[C@H](c2ccc(F)cc2)C2C4CCC(C4)C2S3)cc1. The average Bonchev–Trinajstić information content (AvgIpc) is 3.58. The molecular weight excluding hydrogens is 511 g/mol. The zero-order valence-corrected chi connectivity index (χ0v) is 21.9. The summed E-state index contributed by atoms with van der Waals surface area (Å²) >= 11 is 2.99. The second-order valence-electron chi connectivity index (χ2n) is 9.99. The van der Waals surface area contributed by atoms with Crippen molar-refractivity contribution in [2.24, 2.45) is 17.8 Å². The highest BCUT2D eigenvalue weighted by Gasteiger charge is 2.55. The molecule has 2 saturated carbocycles. The van der Waals surface area contributed by atoms with Crippen LogP contribution in [-0.2, 0) is 16.1 Å². The van der Waals surface area contributed by atoms with Crippen molar-refractivity contribution < 1.29 is 18.7 Å². The Morgan fingerprint density at radius 3 is 2.54 bits per heavy atom. The molecule has 2 fully saturated rings. The first-order valence-electron chi connectivity index (χ1n) is 12.7. The van der Waals surface area contributed by atoms with Gasteiger partial charge in [0.2, 0.25) is 5.91 Å². The van der Waals surface area contributed by atoms with E-state index in [0.29, 0.717) is 40.9 Å². The van der Waals surface area contributed by atoms with Crippen LogP contribution in [0.3, 0.4) is 0 Å². The number of rotatable bonds is 6. The molecule has 0 spiro atoms. The molecule has 2 bridgehead atoms. The number of benzene rings is 2. The fourth-order valence-corrected chi connectivity index (χ4v) is 9.53. The summed E-state index contributed by atoms with van der Waals surface area (Å²) < 4.78 is 20.3. The lowest BCUT2D eigenvalue weighted by Crippen LogP contribution is -2.34. The third-order valence-corrected chi connectivity index (χ3v) is 10.7. The van der Waals surface area contributed by atoms with Gasteiger partial charge in [0.05, 0.1) is 17.2 Å². The summed E-state index contributed by atoms with van der Waals surface area (Å²) in [5, 5.41) is 4.12. The molecule has 5 atom stereocenters. The van der Waals surface area contributed by atoms with Crippen molar-refractivity contribution in [3.05, 3.63) is 80.0 Å². The number of halogens is 1. The summed E-state index contributed by atoms with van der Waals surface area (Å²) in [7, 11) is 0. The van der Waals surface area contributed by atoms with Crippen LogP contribution in [-0.4, -0.2) is 28.3 Å². The summed E-state index contributed by atoms with van der Waals surface area (Å²) in [5.74, 6) is 0.735. The van der Waals surface area contributed by atoms with Gasteiger partial charge in [-0.25, -0.2) is 9.18 Å². The number of aromatic nitrogens is 1. The molecule has 2 aliphatic carbocycles. The van der Waals surface area contributed by atoms with E-state index >= 15 is 0 Å². The van der Waals surface area contributed by atoms with Crippen molar-refractivity contribution >= 4 is 40.7 Å². The van der Waals surface area contributed by atoms with Gasteiger partial charge in [-0.1, -0.05) is 23.5 Å². The van der Waals surface area contributed by atoms with Gasteiger partial charge >= 0.3 is 10.8 Å². The number of carbonyl (C=O) groups is 2. The summed E-state index contributed by atoms with van der Waals surface area (Å²) in [5.41, 5.74) is 2.00. The zero-order valence-electron chi connectivity index (χ0n) is 20.3. The van der Waals surface area contributed by atoms with E-state index in [1.807, 2.05) is 12.1 Å². The lowest BCUT2D eigenvalue weighted by atomic mass is 9.75. The van der Waals surface area contributed by atoms with Crippen LogP contribution in [0.2, 0.25) is 0 Å². The molecule has 3 aromatic rings. The van der Waals surface area contributed by atoms with E-state index in [2.05, 4.69) is 5.32 Å². The van der Waals surface area contributed by atoms with E-state index in [0.717, 1.165) is 15.5 Å². The van der Waals surface area contributed by atoms with Crippen molar-refractivity contribution in [1.29, 1.82) is 0 Å². The predicted molar refractivity (Wildman–Crippen MR) is 142 cm³/mol. The van der Waals surface area contributed by atoms with Gasteiger partial charge in [-0.15, -0.1) is 11.8 Å².